The van der Waals surface area contributed by atoms with Gasteiger partial charge in [0.15, 0.2) is 0 Å². The molecule has 0 radical (unpaired) electrons. The van der Waals surface area contributed by atoms with E-state index < -0.39 is 0 Å². The van der Waals surface area contributed by atoms with Crippen molar-refractivity contribution in [1.29, 1.82) is 0 Å². The monoisotopic (exact) mass is 130 g/mol. The molecule has 0 aromatic heterocycles. The molecule has 0 saturated carbocycles. The molecule has 0 spiro atoms. The minimum Gasteiger partial charge on any atom is -0.296 e. The van der Waals surface area contributed by atoms with E-state index >= 15 is 0 Å². The first-order valence-electron chi connectivity index (χ1n) is 2.78. The van der Waals surface area contributed by atoms with E-state index in [0.717, 1.165) is 12.7 Å². The lowest BCUT2D eigenvalue weighted by molar-refractivity contribution is -0.238. The summed E-state index contributed by atoms with van der Waals surface area (Å²) in [5.74, 6) is -0.364. The van der Waals surface area contributed by atoms with Gasteiger partial charge in [-0.25, -0.2) is 4.79 Å². The van der Waals surface area contributed by atoms with Gasteiger partial charge in [-0.1, -0.05) is 13.5 Å². The lowest BCUT2D eigenvalue weighted by atomic mass is 10.3. The highest BCUT2D eigenvalue weighted by Crippen LogP contribution is 1.90. The molecule has 0 aliphatic carbocycles. The van der Waals surface area contributed by atoms with Gasteiger partial charge >= 0.3 is 5.97 Å². The average molecular weight is 130 g/mol. The third kappa shape index (κ3) is 4.87. The molecule has 52 valence electrons. The summed E-state index contributed by atoms with van der Waals surface area (Å²) in [6, 6.07) is 0. The van der Waals surface area contributed by atoms with Crippen molar-refractivity contribution in [1.82, 2.24) is 0 Å². The van der Waals surface area contributed by atoms with Gasteiger partial charge in [-0.2, -0.15) is 0 Å². The van der Waals surface area contributed by atoms with Crippen molar-refractivity contribution < 1.29 is 14.6 Å². The zero-order valence-electron chi connectivity index (χ0n) is 5.42. The molecule has 3 heteroatoms. The Morgan fingerprint density at radius 3 is 2.89 bits per heavy atom. The highest BCUT2D eigenvalue weighted by atomic mass is 17.2. The maximum absolute atomic E-state index is 10.4. The largest absolute Gasteiger partial charge is 0.355 e. The molecule has 3 nitrogen and oxygen atoms in total. The Kier molecular flexibility index (Phi) is 4.59. The lowest BCUT2D eigenvalue weighted by Gasteiger charge is -1.96. The van der Waals surface area contributed by atoms with E-state index in [9.17, 15) is 4.79 Å². The van der Waals surface area contributed by atoms with Crippen molar-refractivity contribution in [3.05, 3.63) is 12.8 Å². The maximum Gasteiger partial charge on any atom is 0.355 e. The predicted octanol–water partition coefficient (Wildman–Crippen LogP) is 1.40. The van der Waals surface area contributed by atoms with E-state index in [1.54, 1.807) is 0 Å². The summed E-state index contributed by atoms with van der Waals surface area (Å²) in [6.07, 6.45) is 2.21. The summed E-state index contributed by atoms with van der Waals surface area (Å²) in [6.45, 7) is 5.08. The van der Waals surface area contributed by atoms with Crippen LogP contribution in [0.4, 0.5) is 0 Å². The fourth-order valence-corrected chi connectivity index (χ4v) is 0.333. The van der Waals surface area contributed by atoms with Crippen LogP contribution in [0.25, 0.3) is 0 Å². The molecule has 0 rings (SSSR count). The van der Waals surface area contributed by atoms with Crippen molar-refractivity contribution in [3.63, 3.8) is 0 Å². The second kappa shape index (κ2) is 5.15. The van der Waals surface area contributed by atoms with Crippen molar-refractivity contribution >= 4 is 5.97 Å². The zero-order chi connectivity index (χ0) is 7.11. The SMILES string of the molecule is C=COOC(=O)CCC. The second-order valence-electron chi connectivity index (χ2n) is 1.47. The van der Waals surface area contributed by atoms with E-state index in [-0.39, 0.29) is 5.97 Å². The van der Waals surface area contributed by atoms with Crippen LogP contribution in [-0.2, 0) is 14.6 Å². The number of carbonyl (C=O) groups is 1. The lowest BCUT2D eigenvalue weighted by Crippen LogP contribution is -2.00. The first kappa shape index (κ1) is 8.01. The quantitative estimate of drug-likeness (QED) is 0.328. The maximum atomic E-state index is 10.4. The molecule has 0 atom stereocenters. The van der Waals surface area contributed by atoms with Crippen molar-refractivity contribution in [2.45, 2.75) is 19.8 Å². The Bertz CT molecular complexity index is 98.5. The molecular formula is C6H10O3. The van der Waals surface area contributed by atoms with Gasteiger partial charge in [-0.15, -0.1) is 0 Å². The molecule has 0 aliphatic rings. The molecule has 0 aromatic carbocycles. The molecule has 0 N–H and O–H groups in total. The third-order valence-electron chi connectivity index (χ3n) is 0.663. The number of rotatable bonds is 4. The van der Waals surface area contributed by atoms with Crippen LogP contribution in [0.5, 0.6) is 0 Å². The smallest absolute Gasteiger partial charge is 0.296 e. The first-order valence-corrected chi connectivity index (χ1v) is 2.78. The van der Waals surface area contributed by atoms with Gasteiger partial charge < -0.3 is 0 Å². The van der Waals surface area contributed by atoms with E-state index in [1.807, 2.05) is 6.92 Å². The van der Waals surface area contributed by atoms with E-state index in [2.05, 4.69) is 16.4 Å². The normalized spacial score (nSPS) is 8.11. The fourth-order valence-electron chi connectivity index (χ4n) is 0.333. The van der Waals surface area contributed by atoms with E-state index in [1.165, 1.54) is 0 Å². The molecule has 0 unspecified atom stereocenters. The summed E-state index contributed by atoms with van der Waals surface area (Å²) < 4.78 is 0. The number of carbonyl (C=O) groups excluding carboxylic acids is 1. The Balaban J connectivity index is 3.16. The number of hydrogen-bond acceptors (Lipinski definition) is 3. The van der Waals surface area contributed by atoms with Gasteiger partial charge in [0, 0.05) is 6.42 Å². The topological polar surface area (TPSA) is 35.5 Å². The molecule has 0 fully saturated rings. The molecule has 0 heterocycles. The van der Waals surface area contributed by atoms with Crippen molar-refractivity contribution in [2.24, 2.45) is 0 Å². The average Bonchev–Trinajstić information content (AvgIpc) is 1.85. The Morgan fingerprint density at radius 2 is 2.44 bits per heavy atom. The van der Waals surface area contributed by atoms with Crippen LogP contribution in [0.15, 0.2) is 12.8 Å². The van der Waals surface area contributed by atoms with Crippen LogP contribution in [-0.4, -0.2) is 5.97 Å². The summed E-state index contributed by atoms with van der Waals surface area (Å²) in [5, 5.41) is 0. The van der Waals surface area contributed by atoms with Crippen molar-refractivity contribution in [3.8, 4) is 0 Å². The van der Waals surface area contributed by atoms with Gasteiger partial charge in [0.1, 0.15) is 6.26 Å². The van der Waals surface area contributed by atoms with Gasteiger partial charge in [0.05, 0.1) is 0 Å². The minimum atomic E-state index is -0.364. The molecule has 0 saturated heterocycles. The molecule has 0 bridgehead atoms. The van der Waals surface area contributed by atoms with Gasteiger partial charge in [0.25, 0.3) is 0 Å². The zero-order valence-corrected chi connectivity index (χ0v) is 5.42. The predicted molar refractivity (Wildman–Crippen MR) is 32.3 cm³/mol. The summed E-state index contributed by atoms with van der Waals surface area (Å²) in [4.78, 5) is 18.7. The van der Waals surface area contributed by atoms with E-state index in [4.69, 9.17) is 0 Å². The van der Waals surface area contributed by atoms with Crippen LogP contribution in [0.1, 0.15) is 19.8 Å². The molecule has 0 amide bonds. The standard InChI is InChI=1S/C6H10O3/c1-3-5-6(7)9-8-4-2/h4H,2-3,5H2,1H3. The van der Waals surface area contributed by atoms with Crippen LogP contribution in [0, 0.1) is 0 Å². The second-order valence-corrected chi connectivity index (χ2v) is 1.47. The first-order chi connectivity index (χ1) is 4.31. The highest BCUT2D eigenvalue weighted by molar-refractivity contribution is 5.68. The Morgan fingerprint density at radius 1 is 1.78 bits per heavy atom. The summed E-state index contributed by atoms with van der Waals surface area (Å²) >= 11 is 0. The Labute approximate surface area is 54.2 Å². The van der Waals surface area contributed by atoms with Gasteiger partial charge in [0.2, 0.25) is 0 Å². The minimum absolute atomic E-state index is 0.364. The summed E-state index contributed by atoms with van der Waals surface area (Å²) in [5.41, 5.74) is 0. The van der Waals surface area contributed by atoms with E-state index in [0.29, 0.717) is 6.42 Å². The van der Waals surface area contributed by atoms with Gasteiger partial charge in [-0.05, 0) is 6.42 Å². The molecule has 0 aromatic rings. The van der Waals surface area contributed by atoms with Crippen LogP contribution >= 0.6 is 0 Å². The molecule has 9 heavy (non-hydrogen) atoms. The van der Waals surface area contributed by atoms with Crippen LogP contribution < -0.4 is 0 Å². The fraction of sp³-hybridized carbons (Fsp3) is 0.500. The van der Waals surface area contributed by atoms with Crippen LogP contribution in [0.3, 0.4) is 0 Å². The van der Waals surface area contributed by atoms with Gasteiger partial charge in [-0.3, -0.25) is 9.78 Å². The third-order valence-corrected chi connectivity index (χ3v) is 0.663. The highest BCUT2D eigenvalue weighted by Gasteiger charge is 1.98. The Hall–Kier alpha value is -0.990. The van der Waals surface area contributed by atoms with Crippen LogP contribution in [0.2, 0.25) is 0 Å². The van der Waals surface area contributed by atoms with Crippen molar-refractivity contribution in [2.75, 3.05) is 0 Å². The number of hydrogen-bond donors (Lipinski definition) is 0. The summed E-state index contributed by atoms with van der Waals surface area (Å²) in [7, 11) is 0. The molecule has 0 aliphatic heterocycles. The molecular weight excluding hydrogens is 120 g/mol.